The number of benzene rings is 1. The van der Waals surface area contributed by atoms with Gasteiger partial charge >= 0.3 is 6.03 Å². The summed E-state index contributed by atoms with van der Waals surface area (Å²) in [5.74, 6) is 1.09. The molecule has 1 aliphatic carbocycles. The maximum absolute atomic E-state index is 13.9. The fourth-order valence-electron chi connectivity index (χ4n) is 9.50. The van der Waals surface area contributed by atoms with Crippen LogP contribution in [0, 0.1) is 12.8 Å². The quantitative estimate of drug-likeness (QED) is 0.177. The number of carbonyl (C=O) groups excluding carboxylic acids is 2. The smallest absolute Gasteiger partial charge is 0.329 e. The van der Waals surface area contributed by atoms with E-state index >= 15 is 0 Å². The fourth-order valence-corrected chi connectivity index (χ4v) is 11.3. The minimum Gasteiger partial charge on any atom is -0.368 e. The highest BCUT2D eigenvalue weighted by Gasteiger charge is 2.33. The number of rotatable bonds is 10. The number of aryl methyl sites for hydroxylation is 1. The monoisotopic (exact) mass is 855 g/mol. The molecule has 0 unspecified atom stereocenters. The molecule has 3 saturated heterocycles. The third kappa shape index (κ3) is 7.72. The first-order valence-electron chi connectivity index (χ1n) is 20.9. The van der Waals surface area contributed by atoms with Gasteiger partial charge in [-0.1, -0.05) is 24.4 Å². The van der Waals surface area contributed by atoms with E-state index in [4.69, 9.17) is 16.6 Å². The number of nitrogens with zero attached hydrogens (tertiary/aromatic N) is 9. The van der Waals surface area contributed by atoms with Crippen LogP contribution < -0.4 is 26.0 Å². The molecule has 3 aliphatic heterocycles. The Hall–Kier alpha value is -5.10. The third-order valence-corrected chi connectivity index (χ3v) is 15.0. The number of aromatic nitrogens is 5. The van der Waals surface area contributed by atoms with Gasteiger partial charge in [-0.15, -0.1) is 0 Å². The molecule has 0 atom stereocenters. The van der Waals surface area contributed by atoms with Crippen molar-refractivity contribution >= 4 is 73.4 Å². The van der Waals surface area contributed by atoms with Crippen LogP contribution in [0.15, 0.2) is 64.7 Å². The van der Waals surface area contributed by atoms with Gasteiger partial charge < -0.3 is 15.1 Å². The molecular weight excluding hydrogens is 806 g/mol. The largest absolute Gasteiger partial charge is 0.368 e. The Morgan fingerprint density at radius 2 is 1.68 bits per heavy atom. The number of imide groups is 1. The van der Waals surface area contributed by atoms with Crippen LogP contribution in [0.3, 0.4) is 0 Å². The number of fused-ring (bicyclic) bond motifs is 2. The molecule has 316 valence electrons. The van der Waals surface area contributed by atoms with Crippen molar-refractivity contribution in [2.45, 2.75) is 81.7 Å². The summed E-state index contributed by atoms with van der Waals surface area (Å²) < 4.78 is 33.0. The first-order valence-corrected chi connectivity index (χ1v) is 22.7. The number of piperidine rings is 2. The van der Waals surface area contributed by atoms with Crippen molar-refractivity contribution in [1.29, 1.82) is 0 Å². The summed E-state index contributed by atoms with van der Waals surface area (Å²) in [6.07, 6.45) is 13.0. The van der Waals surface area contributed by atoms with Gasteiger partial charge in [0.05, 0.1) is 16.8 Å². The molecule has 1 aromatic carbocycles. The molecule has 0 spiro atoms. The normalized spacial score (nSPS) is 19.3. The molecule has 0 bridgehead atoms. The number of imidazole rings is 1. The Morgan fingerprint density at radius 1 is 0.917 bits per heavy atom. The van der Waals surface area contributed by atoms with E-state index in [2.05, 4.69) is 43.5 Å². The van der Waals surface area contributed by atoms with Crippen molar-refractivity contribution in [2.24, 2.45) is 5.92 Å². The lowest BCUT2D eigenvalue weighted by atomic mass is 9.95. The zero-order valence-electron chi connectivity index (χ0n) is 33.9. The van der Waals surface area contributed by atoms with Crippen molar-refractivity contribution in [3.05, 3.63) is 75.9 Å². The molecule has 60 heavy (non-hydrogen) atoms. The Labute approximate surface area is 353 Å². The molecule has 0 radical (unpaired) electrons. The molecular formula is C42H50ClN11O5S. The number of sulfonamides is 1. The standard InChI is InChI=1S/C42H50ClN11O5S/c1-27-22-32(9-10-34(27)46-41-45-24-29-23-33(43)40(56)54(38(29)48-41)31-6-3-4-7-31)60(58,59)51-19-11-28(12-20-51)26-49(2)30-13-17-50(18-14-30)35-8-5-16-52-37(25-44-39(35)52)53-21-15-36(55)47-42(53)57/h5,8-10,16,22-25,28,30-31H,3-4,6-7,11-15,17-21,26H2,1-2H3,(H,45,46,48)(H,47,55,57). The van der Waals surface area contributed by atoms with Crippen LogP contribution in [0.5, 0.6) is 0 Å². The zero-order chi connectivity index (χ0) is 41.7. The highest BCUT2D eigenvalue weighted by atomic mass is 35.5. The van der Waals surface area contributed by atoms with Gasteiger partial charge in [0, 0.05) is 81.2 Å². The van der Waals surface area contributed by atoms with E-state index in [1.807, 2.05) is 23.6 Å². The summed E-state index contributed by atoms with van der Waals surface area (Å²) in [5.41, 5.74) is 3.51. The topological polar surface area (TPSA) is 170 Å². The maximum atomic E-state index is 13.9. The number of hydrogen-bond acceptors (Lipinski definition) is 11. The number of hydrogen-bond donors (Lipinski definition) is 2. The predicted molar refractivity (Wildman–Crippen MR) is 231 cm³/mol. The molecule has 9 rings (SSSR count). The average Bonchev–Trinajstić information content (AvgIpc) is 3.94. The van der Waals surface area contributed by atoms with E-state index in [0.717, 1.165) is 87.9 Å². The second kappa shape index (κ2) is 16.4. The Kier molecular flexibility index (Phi) is 11.0. The van der Waals surface area contributed by atoms with Gasteiger partial charge in [0.25, 0.3) is 5.56 Å². The number of carbonyl (C=O) groups is 2. The summed E-state index contributed by atoms with van der Waals surface area (Å²) in [4.78, 5) is 57.8. The highest BCUT2D eigenvalue weighted by Crippen LogP contribution is 2.34. The summed E-state index contributed by atoms with van der Waals surface area (Å²) in [6, 6.07) is 10.8. The Bertz CT molecular complexity index is 2630. The molecule has 7 heterocycles. The van der Waals surface area contributed by atoms with Gasteiger partial charge in [0.15, 0.2) is 5.65 Å². The maximum Gasteiger partial charge on any atom is 0.329 e. The minimum atomic E-state index is -3.70. The van der Waals surface area contributed by atoms with Gasteiger partial charge in [0.1, 0.15) is 16.5 Å². The van der Waals surface area contributed by atoms with Crippen molar-refractivity contribution in [1.82, 2.24) is 38.4 Å². The number of nitrogens with one attached hydrogen (secondary N) is 2. The molecule has 4 fully saturated rings. The predicted octanol–water partition coefficient (Wildman–Crippen LogP) is 5.71. The van der Waals surface area contributed by atoms with E-state index < -0.39 is 16.1 Å². The van der Waals surface area contributed by atoms with Crippen LogP contribution in [-0.4, -0.2) is 106 Å². The number of urea groups is 1. The van der Waals surface area contributed by atoms with Crippen LogP contribution in [0.4, 0.5) is 27.9 Å². The van der Waals surface area contributed by atoms with Crippen LogP contribution in [-0.2, 0) is 14.8 Å². The van der Waals surface area contributed by atoms with Gasteiger partial charge in [-0.05, 0) is 100 Å². The fraction of sp³-hybridized carbons (Fsp3) is 0.476. The molecule has 16 nitrogen and oxygen atoms in total. The number of pyridine rings is 2. The number of amides is 3. The zero-order valence-corrected chi connectivity index (χ0v) is 35.5. The first kappa shape index (κ1) is 40.3. The van der Waals surface area contributed by atoms with Crippen LogP contribution >= 0.6 is 11.6 Å². The minimum absolute atomic E-state index is 0.0457. The van der Waals surface area contributed by atoms with Crippen molar-refractivity contribution in [3.8, 4) is 0 Å². The highest BCUT2D eigenvalue weighted by molar-refractivity contribution is 7.89. The van der Waals surface area contributed by atoms with Crippen LogP contribution in [0.2, 0.25) is 5.02 Å². The van der Waals surface area contributed by atoms with E-state index in [1.165, 1.54) is 0 Å². The van der Waals surface area contributed by atoms with Crippen LogP contribution in [0.1, 0.15) is 69.4 Å². The van der Waals surface area contributed by atoms with Gasteiger partial charge in [-0.25, -0.2) is 23.2 Å². The van der Waals surface area contributed by atoms with Crippen molar-refractivity contribution < 1.29 is 18.0 Å². The van der Waals surface area contributed by atoms with E-state index in [-0.39, 0.29) is 33.8 Å². The second-order valence-electron chi connectivity index (χ2n) is 16.6. The summed E-state index contributed by atoms with van der Waals surface area (Å²) in [7, 11) is -1.51. The molecule has 4 aliphatic rings. The summed E-state index contributed by atoms with van der Waals surface area (Å²) in [5, 5.41) is 6.48. The molecule has 5 aromatic rings. The molecule has 3 amide bonds. The lowest BCUT2D eigenvalue weighted by Gasteiger charge is -2.40. The lowest BCUT2D eigenvalue weighted by Crippen LogP contribution is -2.50. The Balaban J connectivity index is 0.787. The molecule has 18 heteroatoms. The van der Waals surface area contributed by atoms with Crippen molar-refractivity contribution in [2.75, 3.05) is 61.4 Å². The number of halogens is 1. The van der Waals surface area contributed by atoms with Gasteiger partial charge in [-0.3, -0.25) is 28.8 Å². The van der Waals surface area contributed by atoms with Crippen LogP contribution in [0.25, 0.3) is 16.7 Å². The van der Waals surface area contributed by atoms with E-state index in [1.54, 1.807) is 50.4 Å². The number of anilines is 4. The molecule has 4 aromatic heterocycles. The third-order valence-electron chi connectivity index (χ3n) is 12.9. The molecule has 1 saturated carbocycles. The van der Waals surface area contributed by atoms with Crippen molar-refractivity contribution in [3.63, 3.8) is 0 Å². The molecule has 2 N–H and O–H groups in total. The van der Waals surface area contributed by atoms with Gasteiger partial charge in [-0.2, -0.15) is 9.29 Å². The van der Waals surface area contributed by atoms with E-state index in [0.29, 0.717) is 60.1 Å². The Morgan fingerprint density at radius 3 is 2.42 bits per heavy atom. The summed E-state index contributed by atoms with van der Waals surface area (Å²) in [6.45, 7) is 5.78. The first-order chi connectivity index (χ1) is 28.9. The summed E-state index contributed by atoms with van der Waals surface area (Å²) >= 11 is 6.30. The SMILES string of the molecule is Cc1cc(S(=O)(=O)N2CCC(CN(C)C3CCN(c4cccn5c(N6CCC(=O)NC6=O)cnc45)CC3)CC2)ccc1Nc1ncc2cc(Cl)c(=O)n(C3CCCC3)c2n1. The second-order valence-corrected chi connectivity index (χ2v) is 19.0. The average molecular weight is 856 g/mol. The van der Waals surface area contributed by atoms with E-state index in [9.17, 15) is 22.8 Å². The van der Waals surface area contributed by atoms with Gasteiger partial charge in [0.2, 0.25) is 21.9 Å². The lowest BCUT2D eigenvalue weighted by molar-refractivity contribution is -0.120.